The fourth-order valence-electron chi connectivity index (χ4n) is 3.29. The molecule has 1 amide bonds. The molecule has 28 heavy (non-hydrogen) atoms. The van der Waals surface area contributed by atoms with Crippen LogP contribution in [-0.4, -0.2) is 24.0 Å². The summed E-state index contributed by atoms with van der Waals surface area (Å²) in [5.41, 5.74) is 3.35. The van der Waals surface area contributed by atoms with E-state index in [1.807, 2.05) is 12.1 Å². The smallest absolute Gasteiger partial charge is 0.255 e. The first-order valence-electron chi connectivity index (χ1n) is 9.32. The molecule has 6 heteroatoms. The van der Waals surface area contributed by atoms with Crippen LogP contribution in [0.15, 0.2) is 66.9 Å². The summed E-state index contributed by atoms with van der Waals surface area (Å²) in [7, 11) is 0. The Morgan fingerprint density at radius 1 is 0.964 bits per heavy atom. The highest BCUT2D eigenvalue weighted by Gasteiger charge is 2.12. The summed E-state index contributed by atoms with van der Waals surface area (Å²) in [5.74, 6) is 0.407. The third-order valence-corrected chi connectivity index (χ3v) is 4.95. The average Bonchev–Trinajstić information content (AvgIpc) is 3.24. The Balaban J connectivity index is 1.44. The normalized spacial score (nSPS) is 13.4. The van der Waals surface area contributed by atoms with Gasteiger partial charge in [0.05, 0.1) is 0 Å². The van der Waals surface area contributed by atoms with Crippen molar-refractivity contribution < 1.29 is 4.79 Å². The van der Waals surface area contributed by atoms with E-state index in [2.05, 4.69) is 32.7 Å². The number of anilines is 4. The zero-order valence-corrected chi connectivity index (χ0v) is 16.1. The lowest BCUT2D eigenvalue weighted by Gasteiger charge is -2.18. The molecule has 3 aromatic rings. The number of carbonyl (C=O) groups excluding carboxylic acids is 1. The standard InChI is InChI=1S/C22H21ClN4O/c23-17-4-3-5-19(15-17)26-22(28)16-10-11-24-21(14-16)25-18-6-8-20(9-7-18)27-12-1-2-13-27/h3-11,14-15H,1-2,12-13H2,(H,24,25)(H,26,28). The Bertz CT molecular complexity index is 968. The van der Waals surface area contributed by atoms with Gasteiger partial charge in [-0.3, -0.25) is 4.79 Å². The first-order valence-corrected chi connectivity index (χ1v) is 9.70. The maximum Gasteiger partial charge on any atom is 0.255 e. The molecule has 0 atom stereocenters. The van der Waals surface area contributed by atoms with E-state index < -0.39 is 0 Å². The fraction of sp³-hybridized carbons (Fsp3) is 0.182. The predicted octanol–water partition coefficient (Wildman–Crippen LogP) is 5.33. The van der Waals surface area contributed by atoms with E-state index in [4.69, 9.17) is 11.6 Å². The second-order valence-electron chi connectivity index (χ2n) is 6.76. The summed E-state index contributed by atoms with van der Waals surface area (Å²) in [6.07, 6.45) is 4.13. The maximum absolute atomic E-state index is 12.5. The molecule has 1 aliphatic heterocycles. The largest absolute Gasteiger partial charge is 0.372 e. The number of carbonyl (C=O) groups is 1. The molecular formula is C22H21ClN4O. The van der Waals surface area contributed by atoms with Gasteiger partial charge in [0, 0.05) is 46.9 Å². The third-order valence-electron chi connectivity index (χ3n) is 4.72. The van der Waals surface area contributed by atoms with Crippen molar-refractivity contribution in [1.29, 1.82) is 0 Å². The van der Waals surface area contributed by atoms with Crippen LogP contribution in [0.4, 0.5) is 22.9 Å². The van der Waals surface area contributed by atoms with Crippen molar-refractivity contribution in [3.8, 4) is 0 Å². The lowest BCUT2D eigenvalue weighted by Crippen LogP contribution is -2.17. The topological polar surface area (TPSA) is 57.3 Å². The SMILES string of the molecule is O=C(Nc1cccc(Cl)c1)c1ccnc(Nc2ccc(N3CCCC3)cc2)c1. The van der Waals surface area contributed by atoms with E-state index >= 15 is 0 Å². The van der Waals surface area contributed by atoms with Crippen LogP contribution in [0.1, 0.15) is 23.2 Å². The van der Waals surface area contributed by atoms with Gasteiger partial charge in [-0.05, 0) is 67.4 Å². The highest BCUT2D eigenvalue weighted by molar-refractivity contribution is 6.31. The van der Waals surface area contributed by atoms with Crippen LogP contribution in [0.25, 0.3) is 0 Å². The second-order valence-corrected chi connectivity index (χ2v) is 7.20. The van der Waals surface area contributed by atoms with Crippen molar-refractivity contribution >= 4 is 40.4 Å². The van der Waals surface area contributed by atoms with E-state index in [0.717, 1.165) is 18.8 Å². The van der Waals surface area contributed by atoms with Gasteiger partial charge in [-0.15, -0.1) is 0 Å². The van der Waals surface area contributed by atoms with Gasteiger partial charge >= 0.3 is 0 Å². The van der Waals surface area contributed by atoms with E-state index in [1.165, 1.54) is 18.5 Å². The molecule has 0 unspecified atom stereocenters. The molecule has 0 radical (unpaired) electrons. The van der Waals surface area contributed by atoms with Gasteiger partial charge in [0.15, 0.2) is 0 Å². The minimum Gasteiger partial charge on any atom is -0.372 e. The molecule has 4 rings (SSSR count). The molecule has 0 bridgehead atoms. The van der Waals surface area contributed by atoms with Crippen molar-refractivity contribution in [2.75, 3.05) is 28.6 Å². The summed E-state index contributed by atoms with van der Waals surface area (Å²) in [4.78, 5) is 19.2. The first kappa shape index (κ1) is 18.3. The maximum atomic E-state index is 12.5. The number of hydrogen-bond donors (Lipinski definition) is 2. The summed E-state index contributed by atoms with van der Waals surface area (Å²) in [5, 5.41) is 6.68. The number of pyridine rings is 1. The number of benzene rings is 2. The van der Waals surface area contributed by atoms with Crippen LogP contribution in [0.5, 0.6) is 0 Å². The Labute approximate surface area is 169 Å². The van der Waals surface area contributed by atoms with Gasteiger partial charge < -0.3 is 15.5 Å². The van der Waals surface area contributed by atoms with Gasteiger partial charge in [-0.2, -0.15) is 0 Å². The minimum absolute atomic E-state index is 0.211. The van der Waals surface area contributed by atoms with Crippen LogP contribution in [0, 0.1) is 0 Å². The molecule has 1 aromatic heterocycles. The lowest BCUT2D eigenvalue weighted by molar-refractivity contribution is 0.102. The van der Waals surface area contributed by atoms with E-state index in [-0.39, 0.29) is 5.91 Å². The number of rotatable bonds is 5. The van der Waals surface area contributed by atoms with Gasteiger partial charge in [0.25, 0.3) is 5.91 Å². The Morgan fingerprint density at radius 3 is 2.50 bits per heavy atom. The molecule has 142 valence electrons. The summed E-state index contributed by atoms with van der Waals surface area (Å²) >= 11 is 5.97. The second kappa shape index (κ2) is 8.31. The van der Waals surface area contributed by atoms with Crippen LogP contribution in [-0.2, 0) is 0 Å². The van der Waals surface area contributed by atoms with Gasteiger partial charge in [-0.25, -0.2) is 4.98 Å². The highest BCUT2D eigenvalue weighted by atomic mass is 35.5. The zero-order chi connectivity index (χ0) is 19.3. The van der Waals surface area contributed by atoms with Gasteiger partial charge in [0.2, 0.25) is 0 Å². The van der Waals surface area contributed by atoms with E-state index in [0.29, 0.717) is 22.1 Å². The predicted molar refractivity (Wildman–Crippen MR) is 115 cm³/mol. The van der Waals surface area contributed by atoms with Crippen LogP contribution < -0.4 is 15.5 Å². The molecular weight excluding hydrogens is 372 g/mol. The molecule has 2 aromatic carbocycles. The molecule has 5 nitrogen and oxygen atoms in total. The van der Waals surface area contributed by atoms with Crippen molar-refractivity contribution in [1.82, 2.24) is 4.98 Å². The number of amides is 1. The van der Waals surface area contributed by atoms with Gasteiger partial charge in [-0.1, -0.05) is 17.7 Å². The summed E-state index contributed by atoms with van der Waals surface area (Å²) in [6.45, 7) is 2.25. The first-order chi connectivity index (χ1) is 13.7. The summed E-state index contributed by atoms with van der Waals surface area (Å²) in [6, 6.07) is 18.8. The van der Waals surface area contributed by atoms with Crippen molar-refractivity contribution in [2.45, 2.75) is 12.8 Å². The molecule has 1 fully saturated rings. The molecule has 0 spiro atoms. The van der Waals surface area contributed by atoms with Crippen molar-refractivity contribution in [3.63, 3.8) is 0 Å². The quantitative estimate of drug-likeness (QED) is 0.616. The van der Waals surface area contributed by atoms with Crippen LogP contribution in [0.3, 0.4) is 0 Å². The molecule has 1 aliphatic rings. The van der Waals surface area contributed by atoms with Crippen LogP contribution in [0.2, 0.25) is 5.02 Å². The molecule has 0 aliphatic carbocycles. The summed E-state index contributed by atoms with van der Waals surface area (Å²) < 4.78 is 0. The van der Waals surface area contributed by atoms with Crippen molar-refractivity contribution in [2.24, 2.45) is 0 Å². The molecule has 2 heterocycles. The minimum atomic E-state index is -0.211. The van der Waals surface area contributed by atoms with Crippen LogP contribution >= 0.6 is 11.6 Å². The van der Waals surface area contributed by atoms with E-state index in [9.17, 15) is 4.79 Å². The fourth-order valence-corrected chi connectivity index (χ4v) is 3.48. The zero-order valence-electron chi connectivity index (χ0n) is 15.4. The lowest BCUT2D eigenvalue weighted by atomic mass is 10.2. The molecule has 1 saturated heterocycles. The van der Waals surface area contributed by atoms with Gasteiger partial charge in [0.1, 0.15) is 5.82 Å². The number of nitrogens with one attached hydrogen (secondary N) is 2. The Morgan fingerprint density at radius 2 is 1.75 bits per heavy atom. The van der Waals surface area contributed by atoms with Crippen molar-refractivity contribution in [3.05, 3.63) is 77.4 Å². The monoisotopic (exact) mass is 392 g/mol. The third kappa shape index (κ3) is 4.43. The average molecular weight is 393 g/mol. The molecule has 2 N–H and O–H groups in total. The number of hydrogen-bond acceptors (Lipinski definition) is 4. The number of halogens is 1. The van der Waals surface area contributed by atoms with E-state index in [1.54, 1.807) is 42.6 Å². The number of aromatic nitrogens is 1. The Kier molecular flexibility index (Phi) is 5.44. The Hall–Kier alpha value is -3.05. The highest BCUT2D eigenvalue weighted by Crippen LogP contribution is 2.24. The number of nitrogens with zero attached hydrogens (tertiary/aromatic N) is 2. The molecule has 0 saturated carbocycles.